The molecule has 1 aliphatic heterocycles. The summed E-state index contributed by atoms with van der Waals surface area (Å²) >= 11 is 0. The minimum absolute atomic E-state index is 0.0319. The zero-order chi connectivity index (χ0) is 14.0. The Bertz CT molecular complexity index is 474. The van der Waals surface area contributed by atoms with Gasteiger partial charge < -0.3 is 19.6 Å². The van der Waals surface area contributed by atoms with E-state index in [1.54, 1.807) is 30.9 Å². The topological polar surface area (TPSA) is 53.0 Å². The van der Waals surface area contributed by atoms with Gasteiger partial charge in [0.05, 0.1) is 19.8 Å². The number of nitrogens with zero attached hydrogens (tertiary/aromatic N) is 2. The lowest BCUT2D eigenvalue weighted by atomic mass is 10.1. The molecule has 1 fully saturated rings. The van der Waals surface area contributed by atoms with Crippen molar-refractivity contribution in [2.75, 3.05) is 27.2 Å². The monoisotopic (exact) mass is 264 g/mol. The third-order valence-electron chi connectivity index (χ3n) is 3.45. The summed E-state index contributed by atoms with van der Waals surface area (Å²) in [5.41, 5.74) is 1.75. The Balaban J connectivity index is 2.23. The molecule has 0 radical (unpaired) electrons. The molecule has 1 aromatic rings. The number of aliphatic hydroxyl groups excluding tert-OH is 1. The van der Waals surface area contributed by atoms with Gasteiger partial charge in [-0.1, -0.05) is 6.07 Å². The van der Waals surface area contributed by atoms with Gasteiger partial charge in [-0.25, -0.2) is 4.79 Å². The fourth-order valence-electron chi connectivity index (χ4n) is 2.24. The number of carbonyl (C=O) groups excluding carboxylic acids is 1. The summed E-state index contributed by atoms with van der Waals surface area (Å²) in [4.78, 5) is 15.4. The first kappa shape index (κ1) is 13.7. The van der Waals surface area contributed by atoms with E-state index in [4.69, 9.17) is 4.74 Å². The molecule has 2 amide bonds. The van der Waals surface area contributed by atoms with Crippen LogP contribution in [0.4, 0.5) is 4.79 Å². The highest BCUT2D eigenvalue weighted by atomic mass is 16.5. The number of hydrogen-bond donors (Lipinski definition) is 1. The minimum atomic E-state index is -0.526. The maximum atomic E-state index is 11.9. The molecule has 1 aliphatic rings. The molecule has 0 spiro atoms. The highest BCUT2D eigenvalue weighted by Gasteiger charge is 2.26. The number of methoxy groups -OCH3 is 1. The number of amides is 2. The van der Waals surface area contributed by atoms with E-state index in [-0.39, 0.29) is 6.03 Å². The van der Waals surface area contributed by atoms with E-state index in [0.29, 0.717) is 6.54 Å². The van der Waals surface area contributed by atoms with Crippen molar-refractivity contribution >= 4 is 6.03 Å². The van der Waals surface area contributed by atoms with Crippen molar-refractivity contribution in [3.8, 4) is 5.75 Å². The highest BCUT2D eigenvalue weighted by molar-refractivity contribution is 5.76. The molecular formula is C14H20N2O3. The van der Waals surface area contributed by atoms with E-state index in [0.717, 1.165) is 30.0 Å². The molecule has 0 aliphatic carbocycles. The molecule has 104 valence electrons. The molecule has 0 bridgehead atoms. The molecule has 1 saturated heterocycles. The summed E-state index contributed by atoms with van der Waals surface area (Å²) in [5.74, 6) is 0.742. The Kier molecular flexibility index (Phi) is 3.95. The van der Waals surface area contributed by atoms with Gasteiger partial charge in [-0.3, -0.25) is 0 Å². The van der Waals surface area contributed by atoms with Crippen LogP contribution in [0.25, 0.3) is 0 Å². The molecule has 5 heteroatoms. The number of benzene rings is 1. The van der Waals surface area contributed by atoms with E-state index >= 15 is 0 Å². The molecule has 19 heavy (non-hydrogen) atoms. The number of likely N-dealkylation sites (N-methyl/N-ethyl adjacent to an activating group) is 1. The van der Waals surface area contributed by atoms with Crippen molar-refractivity contribution in [2.24, 2.45) is 0 Å². The summed E-state index contributed by atoms with van der Waals surface area (Å²) in [6, 6.07) is 5.60. The van der Waals surface area contributed by atoms with Gasteiger partial charge in [0.15, 0.2) is 0 Å². The Hall–Kier alpha value is -1.75. The zero-order valence-electron chi connectivity index (χ0n) is 11.6. The average molecular weight is 264 g/mol. The number of ether oxygens (including phenoxy) is 1. The Morgan fingerprint density at radius 1 is 1.42 bits per heavy atom. The number of urea groups is 1. The van der Waals surface area contributed by atoms with Crippen molar-refractivity contribution in [2.45, 2.75) is 19.6 Å². The van der Waals surface area contributed by atoms with Crippen molar-refractivity contribution < 1.29 is 14.6 Å². The molecule has 1 unspecified atom stereocenters. The van der Waals surface area contributed by atoms with Crippen LogP contribution in [0.2, 0.25) is 0 Å². The molecule has 1 N–H and O–H groups in total. The van der Waals surface area contributed by atoms with Crippen LogP contribution < -0.4 is 4.74 Å². The van der Waals surface area contributed by atoms with Gasteiger partial charge in [-0.15, -0.1) is 0 Å². The third-order valence-corrected chi connectivity index (χ3v) is 3.45. The minimum Gasteiger partial charge on any atom is -0.496 e. The van der Waals surface area contributed by atoms with Gasteiger partial charge in [0.1, 0.15) is 5.75 Å². The summed E-state index contributed by atoms with van der Waals surface area (Å²) in [6.07, 6.45) is -0.526. The summed E-state index contributed by atoms with van der Waals surface area (Å²) in [6.45, 7) is 3.70. The average Bonchev–Trinajstić information content (AvgIpc) is 2.70. The van der Waals surface area contributed by atoms with Crippen LogP contribution >= 0.6 is 0 Å². The lowest BCUT2D eigenvalue weighted by Gasteiger charge is -2.19. The van der Waals surface area contributed by atoms with Crippen LogP contribution in [0.15, 0.2) is 18.2 Å². The van der Waals surface area contributed by atoms with E-state index in [2.05, 4.69) is 0 Å². The molecule has 0 saturated carbocycles. The number of aliphatic hydroxyl groups is 1. The first-order valence-corrected chi connectivity index (χ1v) is 6.38. The van der Waals surface area contributed by atoms with E-state index in [1.807, 2.05) is 18.2 Å². The SMILES string of the molecule is COc1ccc(C(C)O)cc1CN1CCN(C)C1=O. The highest BCUT2D eigenvalue weighted by Crippen LogP contribution is 2.25. The van der Waals surface area contributed by atoms with E-state index in [1.165, 1.54) is 0 Å². The second-order valence-electron chi connectivity index (χ2n) is 4.87. The largest absolute Gasteiger partial charge is 0.496 e. The lowest BCUT2D eigenvalue weighted by Crippen LogP contribution is -2.29. The molecule has 2 rings (SSSR count). The maximum Gasteiger partial charge on any atom is 0.320 e. The Morgan fingerprint density at radius 3 is 2.68 bits per heavy atom. The van der Waals surface area contributed by atoms with Gasteiger partial charge in [0.25, 0.3) is 0 Å². The third kappa shape index (κ3) is 2.81. The maximum absolute atomic E-state index is 11.9. The standard InChI is InChI=1S/C14H20N2O3/c1-10(17)11-4-5-13(19-3)12(8-11)9-16-7-6-15(2)14(16)18/h4-5,8,10,17H,6-7,9H2,1-3H3. The van der Waals surface area contributed by atoms with Gasteiger partial charge in [-0.2, -0.15) is 0 Å². The summed E-state index contributed by atoms with van der Waals surface area (Å²) in [7, 11) is 3.41. The Morgan fingerprint density at radius 2 is 2.16 bits per heavy atom. The quantitative estimate of drug-likeness (QED) is 0.899. The predicted molar refractivity (Wildman–Crippen MR) is 72.1 cm³/mol. The van der Waals surface area contributed by atoms with Crippen LogP contribution in [-0.2, 0) is 6.54 Å². The smallest absolute Gasteiger partial charge is 0.320 e. The van der Waals surface area contributed by atoms with Crippen molar-refractivity contribution in [3.63, 3.8) is 0 Å². The second-order valence-corrected chi connectivity index (χ2v) is 4.87. The number of hydrogen-bond acceptors (Lipinski definition) is 3. The van der Waals surface area contributed by atoms with Crippen molar-refractivity contribution in [3.05, 3.63) is 29.3 Å². The van der Waals surface area contributed by atoms with Gasteiger partial charge in [0, 0.05) is 25.7 Å². The van der Waals surface area contributed by atoms with Gasteiger partial charge in [0.2, 0.25) is 0 Å². The molecule has 5 nitrogen and oxygen atoms in total. The fourth-order valence-corrected chi connectivity index (χ4v) is 2.24. The zero-order valence-corrected chi connectivity index (χ0v) is 11.6. The predicted octanol–water partition coefficient (Wildman–Crippen LogP) is 1.62. The number of rotatable bonds is 4. The lowest BCUT2D eigenvalue weighted by molar-refractivity contribution is 0.195. The van der Waals surface area contributed by atoms with Crippen molar-refractivity contribution in [1.82, 2.24) is 9.80 Å². The van der Waals surface area contributed by atoms with Gasteiger partial charge >= 0.3 is 6.03 Å². The molecular weight excluding hydrogens is 244 g/mol. The second kappa shape index (κ2) is 5.48. The normalized spacial score (nSPS) is 16.9. The first-order valence-electron chi connectivity index (χ1n) is 6.38. The molecule has 1 heterocycles. The van der Waals surface area contributed by atoms with E-state index < -0.39 is 6.10 Å². The van der Waals surface area contributed by atoms with Crippen molar-refractivity contribution in [1.29, 1.82) is 0 Å². The van der Waals surface area contributed by atoms with Crippen LogP contribution in [-0.4, -0.2) is 48.2 Å². The first-order chi connectivity index (χ1) is 9.02. The van der Waals surface area contributed by atoms with Crippen LogP contribution in [0.3, 0.4) is 0 Å². The van der Waals surface area contributed by atoms with Crippen LogP contribution in [0.1, 0.15) is 24.2 Å². The molecule has 1 aromatic carbocycles. The molecule has 1 atom stereocenters. The van der Waals surface area contributed by atoms with E-state index in [9.17, 15) is 9.90 Å². The Labute approximate surface area is 113 Å². The fraction of sp³-hybridized carbons (Fsp3) is 0.500. The summed E-state index contributed by atoms with van der Waals surface area (Å²) < 4.78 is 5.32. The van der Waals surface area contributed by atoms with Crippen LogP contribution in [0.5, 0.6) is 5.75 Å². The summed E-state index contributed by atoms with van der Waals surface area (Å²) in [5, 5.41) is 9.64. The van der Waals surface area contributed by atoms with Gasteiger partial charge in [-0.05, 0) is 24.6 Å². The number of carbonyl (C=O) groups is 1. The van der Waals surface area contributed by atoms with Crippen LogP contribution in [0, 0.1) is 0 Å². The molecule has 0 aromatic heterocycles.